The van der Waals surface area contributed by atoms with Gasteiger partial charge in [0.2, 0.25) is 11.8 Å². The second kappa shape index (κ2) is 7.34. The molecule has 8 heteroatoms. The Labute approximate surface area is 110 Å². The molecule has 0 aliphatic rings. The molecule has 0 fully saturated rings. The molecule has 5 N–H and O–H groups in total. The summed E-state index contributed by atoms with van der Waals surface area (Å²) >= 11 is 0. The number of hydrogen-bond donors (Lipinski definition) is 4. The third kappa shape index (κ3) is 7.74. The lowest BCUT2D eigenvalue weighted by molar-refractivity contribution is -0.149. The van der Waals surface area contributed by atoms with Gasteiger partial charge in [-0.05, 0) is 20.3 Å². The molecule has 0 bridgehead atoms. The number of urea groups is 1. The van der Waals surface area contributed by atoms with E-state index in [2.05, 4.69) is 5.32 Å². The lowest BCUT2D eigenvalue weighted by Crippen LogP contribution is -2.42. The molecule has 0 heterocycles. The fourth-order valence-corrected chi connectivity index (χ4v) is 1.16. The first kappa shape index (κ1) is 16.9. The first-order valence-electron chi connectivity index (χ1n) is 5.74. The summed E-state index contributed by atoms with van der Waals surface area (Å²) in [5.41, 5.74) is 3.67. The lowest BCUT2D eigenvalue weighted by atomic mass is 9.89. The third-order valence-corrected chi connectivity index (χ3v) is 2.32. The molecule has 0 aliphatic heterocycles. The highest BCUT2D eigenvalue weighted by Crippen LogP contribution is 2.19. The maximum atomic E-state index is 11.4. The number of nitrogens with two attached hydrogens (primary N) is 1. The van der Waals surface area contributed by atoms with Crippen molar-refractivity contribution in [3.05, 3.63) is 0 Å². The highest BCUT2D eigenvalue weighted by atomic mass is 16.4. The van der Waals surface area contributed by atoms with Crippen LogP contribution in [-0.2, 0) is 14.4 Å². The van der Waals surface area contributed by atoms with Crippen molar-refractivity contribution in [1.29, 1.82) is 0 Å². The van der Waals surface area contributed by atoms with Crippen LogP contribution in [0.5, 0.6) is 0 Å². The van der Waals surface area contributed by atoms with E-state index in [1.807, 2.05) is 5.32 Å². The summed E-state index contributed by atoms with van der Waals surface area (Å²) in [6.07, 6.45) is 0.203. The zero-order valence-electron chi connectivity index (χ0n) is 11.0. The van der Waals surface area contributed by atoms with Gasteiger partial charge in [-0.15, -0.1) is 0 Å². The van der Waals surface area contributed by atoms with Crippen LogP contribution in [0.1, 0.15) is 33.1 Å². The second-order valence-corrected chi connectivity index (χ2v) is 4.74. The van der Waals surface area contributed by atoms with Gasteiger partial charge in [-0.2, -0.15) is 0 Å². The minimum Gasteiger partial charge on any atom is -0.481 e. The van der Waals surface area contributed by atoms with E-state index in [4.69, 9.17) is 10.8 Å². The minimum atomic E-state index is -1.24. The Bertz CT molecular complexity index is 379. The first-order chi connectivity index (χ1) is 8.65. The summed E-state index contributed by atoms with van der Waals surface area (Å²) in [6.45, 7) is 2.98. The van der Waals surface area contributed by atoms with Gasteiger partial charge in [-0.25, -0.2) is 4.79 Å². The van der Waals surface area contributed by atoms with Crippen molar-refractivity contribution in [3.8, 4) is 0 Å². The van der Waals surface area contributed by atoms with Crippen LogP contribution in [0.15, 0.2) is 0 Å². The topological polar surface area (TPSA) is 139 Å². The van der Waals surface area contributed by atoms with Gasteiger partial charge >= 0.3 is 12.0 Å². The minimum absolute atomic E-state index is 0.139. The van der Waals surface area contributed by atoms with Gasteiger partial charge in [-0.1, -0.05) is 0 Å². The molecule has 108 valence electrons. The molecule has 0 atom stereocenters. The summed E-state index contributed by atoms with van der Waals surface area (Å²) in [6, 6.07) is -0.726. The molecule has 0 aromatic carbocycles. The Hall–Kier alpha value is -2.12. The predicted octanol–water partition coefficient (Wildman–Crippen LogP) is -0.421. The predicted molar refractivity (Wildman–Crippen MR) is 66.0 cm³/mol. The summed E-state index contributed by atoms with van der Waals surface area (Å²) < 4.78 is 0. The molecule has 0 radical (unpaired) electrons. The Kier molecular flexibility index (Phi) is 6.53. The van der Waals surface area contributed by atoms with E-state index >= 15 is 0 Å². The molecule has 0 unspecified atom stereocenters. The number of carboxylic acid groups (broad SMARTS) is 1. The second-order valence-electron chi connectivity index (χ2n) is 4.74. The Balaban J connectivity index is 3.97. The van der Waals surface area contributed by atoms with E-state index in [-0.39, 0.29) is 19.4 Å². The number of carboxylic acids is 1. The monoisotopic (exact) mass is 273 g/mol. The van der Waals surface area contributed by atoms with Crippen LogP contribution >= 0.6 is 0 Å². The highest BCUT2D eigenvalue weighted by molar-refractivity contribution is 5.96. The molecular weight excluding hydrogens is 254 g/mol. The summed E-state index contributed by atoms with van der Waals surface area (Å²) in [5, 5.41) is 13.2. The number of nitrogens with one attached hydrogen (secondary N) is 2. The number of carbonyl (C=O) groups excluding carboxylic acids is 3. The number of imide groups is 1. The number of rotatable bonds is 7. The SMILES string of the molecule is CC(C)(CC(=O)NC(=O)NCCCC(N)=O)C(=O)O. The van der Waals surface area contributed by atoms with Crippen molar-refractivity contribution in [2.24, 2.45) is 11.1 Å². The summed E-state index contributed by atoms with van der Waals surface area (Å²) in [7, 11) is 0. The van der Waals surface area contributed by atoms with E-state index in [0.29, 0.717) is 6.42 Å². The molecule has 19 heavy (non-hydrogen) atoms. The molecule has 4 amide bonds. The van der Waals surface area contributed by atoms with Crippen LogP contribution in [0.2, 0.25) is 0 Å². The Morgan fingerprint density at radius 2 is 1.79 bits per heavy atom. The van der Waals surface area contributed by atoms with Crippen LogP contribution in [0.4, 0.5) is 4.79 Å². The standard InChI is InChI=1S/C11H19N3O5/c1-11(2,9(17)18)6-8(16)14-10(19)13-5-3-4-7(12)15/h3-6H2,1-2H3,(H2,12,15)(H,17,18)(H2,13,14,16,19). The molecule has 0 aromatic rings. The maximum absolute atomic E-state index is 11.4. The van der Waals surface area contributed by atoms with Crippen LogP contribution in [0.3, 0.4) is 0 Å². The van der Waals surface area contributed by atoms with Gasteiger partial charge in [-0.3, -0.25) is 19.7 Å². The smallest absolute Gasteiger partial charge is 0.321 e. The number of carbonyl (C=O) groups is 4. The average Bonchev–Trinajstić information content (AvgIpc) is 2.22. The van der Waals surface area contributed by atoms with Crippen molar-refractivity contribution in [1.82, 2.24) is 10.6 Å². The largest absolute Gasteiger partial charge is 0.481 e. The molecule has 0 saturated carbocycles. The van der Waals surface area contributed by atoms with Crippen LogP contribution in [0, 0.1) is 5.41 Å². The normalized spacial score (nSPS) is 10.6. The zero-order valence-corrected chi connectivity index (χ0v) is 11.0. The van der Waals surface area contributed by atoms with Gasteiger partial charge < -0.3 is 16.2 Å². The van der Waals surface area contributed by atoms with Crippen molar-refractivity contribution in [2.75, 3.05) is 6.54 Å². The van der Waals surface area contributed by atoms with E-state index in [9.17, 15) is 19.2 Å². The fraction of sp³-hybridized carbons (Fsp3) is 0.636. The van der Waals surface area contributed by atoms with Crippen molar-refractivity contribution >= 4 is 23.8 Å². The van der Waals surface area contributed by atoms with Gasteiger partial charge in [0.25, 0.3) is 0 Å². The van der Waals surface area contributed by atoms with Crippen molar-refractivity contribution in [2.45, 2.75) is 33.1 Å². The number of amides is 4. The van der Waals surface area contributed by atoms with Crippen LogP contribution < -0.4 is 16.4 Å². The summed E-state index contributed by atoms with van der Waals surface area (Å²) in [4.78, 5) is 43.9. The summed E-state index contributed by atoms with van der Waals surface area (Å²) in [5.74, 6) is -2.27. The lowest BCUT2D eigenvalue weighted by Gasteiger charge is -2.17. The van der Waals surface area contributed by atoms with Gasteiger partial charge in [0.1, 0.15) is 0 Å². The highest BCUT2D eigenvalue weighted by Gasteiger charge is 2.30. The third-order valence-electron chi connectivity index (χ3n) is 2.32. The molecule has 8 nitrogen and oxygen atoms in total. The number of aliphatic carboxylic acids is 1. The van der Waals surface area contributed by atoms with E-state index in [1.165, 1.54) is 13.8 Å². The molecular formula is C11H19N3O5. The van der Waals surface area contributed by atoms with E-state index < -0.39 is 29.2 Å². The first-order valence-corrected chi connectivity index (χ1v) is 5.74. The fourth-order valence-electron chi connectivity index (χ4n) is 1.16. The zero-order chi connectivity index (χ0) is 15.1. The average molecular weight is 273 g/mol. The van der Waals surface area contributed by atoms with Gasteiger partial charge in [0.05, 0.1) is 5.41 Å². The van der Waals surface area contributed by atoms with E-state index in [1.54, 1.807) is 0 Å². The van der Waals surface area contributed by atoms with Crippen molar-refractivity contribution < 1.29 is 24.3 Å². The van der Waals surface area contributed by atoms with Crippen molar-refractivity contribution in [3.63, 3.8) is 0 Å². The molecule has 0 rings (SSSR count). The molecule has 0 aromatic heterocycles. The van der Waals surface area contributed by atoms with Gasteiger partial charge in [0.15, 0.2) is 0 Å². The Morgan fingerprint density at radius 3 is 2.26 bits per heavy atom. The van der Waals surface area contributed by atoms with Gasteiger partial charge in [0, 0.05) is 19.4 Å². The molecule has 0 saturated heterocycles. The number of primary amides is 1. The molecule has 0 aliphatic carbocycles. The Morgan fingerprint density at radius 1 is 1.21 bits per heavy atom. The van der Waals surface area contributed by atoms with E-state index in [0.717, 1.165) is 0 Å². The van der Waals surface area contributed by atoms with Crippen LogP contribution in [-0.4, -0.2) is 35.5 Å². The molecule has 0 spiro atoms. The maximum Gasteiger partial charge on any atom is 0.321 e. The number of hydrogen-bond acceptors (Lipinski definition) is 4. The quantitative estimate of drug-likeness (QED) is 0.466. The van der Waals surface area contributed by atoms with Crippen LogP contribution in [0.25, 0.3) is 0 Å².